The molecule has 2 aliphatic rings. The second-order valence-corrected chi connectivity index (χ2v) is 9.63. The number of nitrogens with one attached hydrogen (secondary N) is 1. The van der Waals surface area contributed by atoms with E-state index in [4.69, 9.17) is 18.6 Å². The molecule has 2 atom stereocenters. The molecule has 2 amide bonds. The fraction of sp³-hybridized carbons (Fsp3) is 0.520. The van der Waals surface area contributed by atoms with Crippen LogP contribution in [0.3, 0.4) is 0 Å². The van der Waals surface area contributed by atoms with E-state index >= 15 is 0 Å². The SMILES string of the molecule is COc1cc(N2CC(C(=O)NC3CC(C)(C)Cc4oc(C)cc43)CC2=O)cc(OC)c1OC. The number of methoxy groups -OCH3 is 3. The van der Waals surface area contributed by atoms with Crippen LogP contribution in [0.1, 0.15) is 49.8 Å². The number of benzene rings is 1. The van der Waals surface area contributed by atoms with E-state index in [9.17, 15) is 9.59 Å². The summed E-state index contributed by atoms with van der Waals surface area (Å²) in [6.45, 7) is 6.57. The van der Waals surface area contributed by atoms with Gasteiger partial charge in [-0.1, -0.05) is 13.8 Å². The van der Waals surface area contributed by atoms with Crippen molar-refractivity contribution in [3.8, 4) is 17.2 Å². The van der Waals surface area contributed by atoms with E-state index in [1.54, 1.807) is 17.0 Å². The van der Waals surface area contributed by atoms with Crippen molar-refractivity contribution < 1.29 is 28.2 Å². The van der Waals surface area contributed by atoms with Gasteiger partial charge in [-0.15, -0.1) is 0 Å². The van der Waals surface area contributed by atoms with Crippen molar-refractivity contribution in [2.45, 2.75) is 46.1 Å². The Morgan fingerprint density at radius 1 is 1.12 bits per heavy atom. The van der Waals surface area contributed by atoms with Gasteiger partial charge in [-0.3, -0.25) is 9.59 Å². The second-order valence-electron chi connectivity index (χ2n) is 9.63. The first-order valence-corrected chi connectivity index (χ1v) is 11.2. The van der Waals surface area contributed by atoms with Crippen molar-refractivity contribution in [3.63, 3.8) is 0 Å². The lowest BCUT2D eigenvalue weighted by atomic mass is 9.74. The van der Waals surface area contributed by atoms with Gasteiger partial charge in [0.2, 0.25) is 17.6 Å². The average Bonchev–Trinajstić information content (AvgIpc) is 3.33. The number of hydrogen-bond acceptors (Lipinski definition) is 6. The summed E-state index contributed by atoms with van der Waals surface area (Å²) in [6.07, 6.45) is 1.82. The molecule has 1 aliphatic heterocycles. The van der Waals surface area contributed by atoms with Crippen LogP contribution in [0.15, 0.2) is 22.6 Å². The normalized spacial score (nSPS) is 21.5. The van der Waals surface area contributed by atoms with Crippen LogP contribution < -0.4 is 24.4 Å². The van der Waals surface area contributed by atoms with Gasteiger partial charge in [0.05, 0.1) is 39.0 Å². The summed E-state index contributed by atoms with van der Waals surface area (Å²) in [4.78, 5) is 27.7. The van der Waals surface area contributed by atoms with Crippen LogP contribution in [0, 0.1) is 18.3 Å². The van der Waals surface area contributed by atoms with Crippen molar-refractivity contribution in [3.05, 3.63) is 35.3 Å². The largest absolute Gasteiger partial charge is 0.493 e. The van der Waals surface area contributed by atoms with E-state index in [-0.39, 0.29) is 36.2 Å². The molecule has 1 aromatic heterocycles. The molecule has 1 fully saturated rings. The quantitative estimate of drug-likeness (QED) is 0.711. The van der Waals surface area contributed by atoms with Crippen LogP contribution in [0.2, 0.25) is 0 Å². The maximum absolute atomic E-state index is 13.2. The number of anilines is 1. The predicted molar refractivity (Wildman–Crippen MR) is 123 cm³/mol. The Kier molecular flexibility index (Phi) is 6.03. The molecule has 33 heavy (non-hydrogen) atoms. The van der Waals surface area contributed by atoms with E-state index in [1.807, 2.05) is 13.0 Å². The molecular formula is C25H32N2O6. The van der Waals surface area contributed by atoms with Gasteiger partial charge >= 0.3 is 0 Å². The lowest BCUT2D eigenvalue weighted by Crippen LogP contribution is -2.39. The minimum absolute atomic E-state index is 0.0168. The van der Waals surface area contributed by atoms with Crippen molar-refractivity contribution in [1.29, 1.82) is 0 Å². The fourth-order valence-corrected chi connectivity index (χ4v) is 4.96. The summed E-state index contributed by atoms with van der Waals surface area (Å²) in [5, 5.41) is 3.19. The predicted octanol–water partition coefficient (Wildman–Crippen LogP) is 3.80. The summed E-state index contributed by atoms with van der Waals surface area (Å²) in [5.74, 6) is 2.48. The first kappa shape index (κ1) is 23.0. The molecule has 1 aromatic carbocycles. The monoisotopic (exact) mass is 456 g/mol. The molecule has 2 unspecified atom stereocenters. The minimum atomic E-state index is -0.446. The highest BCUT2D eigenvalue weighted by molar-refractivity contribution is 6.00. The molecule has 1 saturated heterocycles. The second kappa shape index (κ2) is 8.65. The maximum atomic E-state index is 13.2. The third-order valence-electron chi connectivity index (χ3n) is 6.51. The third kappa shape index (κ3) is 4.38. The molecule has 1 aliphatic carbocycles. The number of hydrogen-bond donors (Lipinski definition) is 1. The highest BCUT2D eigenvalue weighted by Gasteiger charge is 2.40. The number of ether oxygens (including phenoxy) is 3. The number of furan rings is 1. The van der Waals surface area contributed by atoms with Gasteiger partial charge in [-0.05, 0) is 24.8 Å². The molecule has 2 aromatic rings. The molecule has 0 bridgehead atoms. The van der Waals surface area contributed by atoms with Crippen LogP contribution >= 0.6 is 0 Å². The van der Waals surface area contributed by atoms with Crippen LogP contribution in [-0.2, 0) is 16.0 Å². The Morgan fingerprint density at radius 3 is 2.39 bits per heavy atom. The van der Waals surface area contributed by atoms with Crippen LogP contribution in [-0.4, -0.2) is 39.7 Å². The first-order valence-electron chi connectivity index (χ1n) is 11.2. The molecule has 178 valence electrons. The summed E-state index contributed by atoms with van der Waals surface area (Å²) < 4.78 is 22.1. The minimum Gasteiger partial charge on any atom is -0.493 e. The Hall–Kier alpha value is -3.16. The van der Waals surface area contributed by atoms with E-state index < -0.39 is 5.92 Å². The zero-order valence-electron chi connectivity index (χ0n) is 20.1. The number of fused-ring (bicyclic) bond motifs is 1. The number of carbonyl (C=O) groups is 2. The number of aryl methyl sites for hydroxylation is 1. The van der Waals surface area contributed by atoms with Gasteiger partial charge < -0.3 is 28.8 Å². The standard InChI is InChI=1S/C25H32N2O6/c1-14-7-17-18(11-25(2,3)12-21(17)33-14)26-24(29)15-8-22(28)27(13-15)16-9-19(30-4)23(32-6)20(10-16)31-5/h7,9-10,15,18H,8,11-13H2,1-6H3,(H,26,29). The van der Waals surface area contributed by atoms with Crippen molar-refractivity contribution >= 4 is 17.5 Å². The Balaban J connectivity index is 1.53. The summed E-state index contributed by atoms with van der Waals surface area (Å²) in [7, 11) is 4.59. The summed E-state index contributed by atoms with van der Waals surface area (Å²) in [6, 6.07) is 5.34. The van der Waals surface area contributed by atoms with E-state index in [1.165, 1.54) is 21.3 Å². The fourth-order valence-electron chi connectivity index (χ4n) is 4.96. The lowest BCUT2D eigenvalue weighted by molar-refractivity contribution is -0.127. The van der Waals surface area contributed by atoms with Gasteiger partial charge in [0.1, 0.15) is 11.5 Å². The van der Waals surface area contributed by atoms with Gasteiger partial charge in [-0.25, -0.2) is 0 Å². The Morgan fingerprint density at radius 2 is 1.79 bits per heavy atom. The Bertz CT molecular complexity index is 1050. The van der Waals surface area contributed by atoms with E-state index in [0.717, 1.165) is 29.9 Å². The van der Waals surface area contributed by atoms with Crippen molar-refractivity contribution in [1.82, 2.24) is 5.32 Å². The molecule has 2 heterocycles. The average molecular weight is 457 g/mol. The van der Waals surface area contributed by atoms with Gasteiger partial charge in [0.15, 0.2) is 11.5 Å². The number of amides is 2. The third-order valence-corrected chi connectivity index (χ3v) is 6.51. The van der Waals surface area contributed by atoms with Crippen LogP contribution in [0.4, 0.5) is 5.69 Å². The first-order chi connectivity index (χ1) is 15.7. The van der Waals surface area contributed by atoms with E-state index in [0.29, 0.717) is 22.9 Å². The van der Waals surface area contributed by atoms with Crippen LogP contribution in [0.5, 0.6) is 17.2 Å². The van der Waals surface area contributed by atoms with Crippen molar-refractivity contribution in [2.75, 3.05) is 32.8 Å². The Labute approximate surface area is 194 Å². The number of nitrogens with zero attached hydrogens (tertiary/aromatic N) is 1. The lowest BCUT2D eigenvalue weighted by Gasteiger charge is -2.35. The van der Waals surface area contributed by atoms with Gasteiger partial charge in [0, 0.05) is 37.1 Å². The maximum Gasteiger partial charge on any atom is 0.227 e. The molecule has 8 nitrogen and oxygen atoms in total. The van der Waals surface area contributed by atoms with E-state index in [2.05, 4.69) is 19.2 Å². The molecule has 0 saturated carbocycles. The zero-order chi connectivity index (χ0) is 23.9. The molecule has 4 rings (SSSR count). The highest BCUT2D eigenvalue weighted by Crippen LogP contribution is 2.44. The molecular weight excluding hydrogens is 424 g/mol. The molecule has 0 radical (unpaired) electrons. The summed E-state index contributed by atoms with van der Waals surface area (Å²) in [5.41, 5.74) is 1.67. The number of rotatable bonds is 6. The van der Waals surface area contributed by atoms with Gasteiger partial charge in [0.25, 0.3) is 0 Å². The summed E-state index contributed by atoms with van der Waals surface area (Å²) >= 11 is 0. The van der Waals surface area contributed by atoms with Crippen LogP contribution in [0.25, 0.3) is 0 Å². The molecule has 0 spiro atoms. The molecule has 8 heteroatoms. The highest BCUT2D eigenvalue weighted by atomic mass is 16.5. The van der Waals surface area contributed by atoms with Crippen molar-refractivity contribution in [2.24, 2.45) is 11.3 Å². The molecule has 1 N–H and O–H groups in total. The van der Waals surface area contributed by atoms with Gasteiger partial charge in [-0.2, -0.15) is 0 Å². The smallest absolute Gasteiger partial charge is 0.227 e. The zero-order valence-corrected chi connectivity index (χ0v) is 20.1. The topological polar surface area (TPSA) is 90.2 Å². The number of carbonyl (C=O) groups excluding carboxylic acids is 2.